The Labute approximate surface area is 110 Å². The van der Waals surface area contributed by atoms with Gasteiger partial charge in [0.2, 0.25) is 5.88 Å². The Morgan fingerprint density at radius 1 is 1.12 bits per heavy atom. The SMILES string of the molecule is Brc1ccccc1Oc1ncnc2sccc12. The molecule has 84 valence electrons. The molecule has 0 N–H and O–H groups in total. The van der Waals surface area contributed by atoms with Gasteiger partial charge < -0.3 is 4.74 Å². The van der Waals surface area contributed by atoms with Crippen LogP contribution in [0.5, 0.6) is 11.6 Å². The summed E-state index contributed by atoms with van der Waals surface area (Å²) in [7, 11) is 0. The van der Waals surface area contributed by atoms with E-state index >= 15 is 0 Å². The third kappa shape index (κ3) is 2.03. The fourth-order valence-corrected chi connectivity index (χ4v) is 2.57. The molecule has 3 aromatic rings. The first-order chi connectivity index (χ1) is 8.34. The van der Waals surface area contributed by atoms with Crippen LogP contribution in [-0.2, 0) is 0 Å². The molecule has 0 amide bonds. The lowest BCUT2D eigenvalue weighted by Crippen LogP contribution is -1.89. The molecule has 5 heteroatoms. The van der Waals surface area contributed by atoms with E-state index in [4.69, 9.17) is 4.74 Å². The normalized spacial score (nSPS) is 10.6. The number of hydrogen-bond acceptors (Lipinski definition) is 4. The molecule has 0 unspecified atom stereocenters. The van der Waals surface area contributed by atoms with Crippen LogP contribution in [0.15, 0.2) is 46.5 Å². The lowest BCUT2D eigenvalue weighted by atomic mass is 10.3. The number of nitrogens with zero attached hydrogens (tertiary/aromatic N) is 2. The fourth-order valence-electron chi connectivity index (χ4n) is 1.48. The van der Waals surface area contributed by atoms with Crippen molar-refractivity contribution < 1.29 is 4.74 Å². The molecule has 0 spiro atoms. The molecular formula is C12H7BrN2OS. The van der Waals surface area contributed by atoms with Crippen molar-refractivity contribution in [3.05, 3.63) is 46.5 Å². The van der Waals surface area contributed by atoms with Gasteiger partial charge in [-0.15, -0.1) is 11.3 Å². The first-order valence-corrected chi connectivity index (χ1v) is 6.62. The maximum Gasteiger partial charge on any atom is 0.231 e. The second kappa shape index (κ2) is 4.43. The van der Waals surface area contributed by atoms with Crippen LogP contribution in [0.3, 0.4) is 0 Å². The van der Waals surface area contributed by atoms with Crippen LogP contribution < -0.4 is 4.74 Å². The number of hydrogen-bond donors (Lipinski definition) is 0. The van der Waals surface area contributed by atoms with E-state index in [1.165, 1.54) is 6.33 Å². The summed E-state index contributed by atoms with van der Waals surface area (Å²) in [4.78, 5) is 9.28. The van der Waals surface area contributed by atoms with Gasteiger partial charge in [0.15, 0.2) is 0 Å². The maximum absolute atomic E-state index is 5.79. The van der Waals surface area contributed by atoms with Gasteiger partial charge in [0.1, 0.15) is 16.9 Å². The van der Waals surface area contributed by atoms with Gasteiger partial charge in [-0.2, -0.15) is 0 Å². The first-order valence-electron chi connectivity index (χ1n) is 4.95. The van der Waals surface area contributed by atoms with Crippen LogP contribution >= 0.6 is 27.3 Å². The van der Waals surface area contributed by atoms with Crippen molar-refractivity contribution in [2.45, 2.75) is 0 Å². The summed E-state index contributed by atoms with van der Waals surface area (Å²) in [6.45, 7) is 0. The molecule has 1 aromatic carbocycles. The molecule has 2 heterocycles. The summed E-state index contributed by atoms with van der Waals surface area (Å²) in [5.41, 5.74) is 0. The molecule has 0 aliphatic carbocycles. The van der Waals surface area contributed by atoms with E-state index in [1.807, 2.05) is 35.7 Å². The maximum atomic E-state index is 5.79. The fraction of sp³-hybridized carbons (Fsp3) is 0. The number of rotatable bonds is 2. The van der Waals surface area contributed by atoms with Crippen molar-refractivity contribution >= 4 is 37.5 Å². The van der Waals surface area contributed by atoms with Crippen molar-refractivity contribution in [3.8, 4) is 11.6 Å². The van der Waals surface area contributed by atoms with Crippen molar-refractivity contribution in [2.24, 2.45) is 0 Å². The molecular weight excluding hydrogens is 300 g/mol. The highest BCUT2D eigenvalue weighted by Gasteiger charge is 2.08. The topological polar surface area (TPSA) is 35.0 Å². The molecule has 0 radical (unpaired) electrons. The van der Waals surface area contributed by atoms with Gasteiger partial charge in [-0.1, -0.05) is 12.1 Å². The lowest BCUT2D eigenvalue weighted by Gasteiger charge is -2.06. The van der Waals surface area contributed by atoms with E-state index in [0.29, 0.717) is 5.88 Å². The standard InChI is InChI=1S/C12H7BrN2OS/c13-9-3-1-2-4-10(9)16-11-8-5-6-17-12(8)15-7-14-11/h1-7H. The average molecular weight is 307 g/mol. The minimum absolute atomic E-state index is 0.586. The Morgan fingerprint density at radius 2 is 2.00 bits per heavy atom. The van der Waals surface area contributed by atoms with E-state index in [0.717, 1.165) is 20.4 Å². The monoisotopic (exact) mass is 306 g/mol. The number of fused-ring (bicyclic) bond motifs is 1. The van der Waals surface area contributed by atoms with Crippen molar-refractivity contribution in [1.82, 2.24) is 9.97 Å². The molecule has 0 bridgehead atoms. The summed E-state index contributed by atoms with van der Waals surface area (Å²) in [6.07, 6.45) is 1.52. The molecule has 3 nitrogen and oxygen atoms in total. The summed E-state index contributed by atoms with van der Waals surface area (Å²) in [5, 5.41) is 2.92. The van der Waals surface area contributed by atoms with Crippen molar-refractivity contribution in [3.63, 3.8) is 0 Å². The van der Waals surface area contributed by atoms with Gasteiger partial charge in [0.05, 0.1) is 9.86 Å². The zero-order valence-electron chi connectivity index (χ0n) is 8.63. The van der Waals surface area contributed by atoms with E-state index in [2.05, 4.69) is 25.9 Å². The smallest absolute Gasteiger partial charge is 0.231 e. The van der Waals surface area contributed by atoms with Gasteiger partial charge in [-0.05, 0) is 39.5 Å². The van der Waals surface area contributed by atoms with E-state index < -0.39 is 0 Å². The van der Waals surface area contributed by atoms with E-state index in [1.54, 1.807) is 11.3 Å². The van der Waals surface area contributed by atoms with E-state index in [9.17, 15) is 0 Å². The Bertz CT molecular complexity index is 668. The van der Waals surface area contributed by atoms with Gasteiger partial charge in [-0.3, -0.25) is 0 Å². The first kappa shape index (κ1) is 10.7. The highest BCUT2D eigenvalue weighted by Crippen LogP contribution is 2.32. The number of thiophene rings is 1. The highest BCUT2D eigenvalue weighted by molar-refractivity contribution is 9.10. The van der Waals surface area contributed by atoms with Gasteiger partial charge in [0.25, 0.3) is 0 Å². The van der Waals surface area contributed by atoms with Crippen molar-refractivity contribution in [1.29, 1.82) is 0 Å². The summed E-state index contributed by atoms with van der Waals surface area (Å²) < 4.78 is 6.69. The predicted molar refractivity (Wildman–Crippen MR) is 71.6 cm³/mol. The largest absolute Gasteiger partial charge is 0.437 e. The summed E-state index contributed by atoms with van der Waals surface area (Å²) in [6, 6.07) is 9.65. The van der Waals surface area contributed by atoms with Crippen LogP contribution in [0.2, 0.25) is 0 Å². The van der Waals surface area contributed by atoms with Crippen LogP contribution in [0.25, 0.3) is 10.2 Å². The number of ether oxygens (including phenoxy) is 1. The zero-order chi connectivity index (χ0) is 11.7. The Morgan fingerprint density at radius 3 is 2.88 bits per heavy atom. The third-order valence-corrected chi connectivity index (χ3v) is 3.74. The number of benzene rings is 1. The molecule has 0 fully saturated rings. The van der Waals surface area contributed by atoms with Crippen LogP contribution in [0.4, 0.5) is 0 Å². The quantitative estimate of drug-likeness (QED) is 0.710. The Kier molecular flexibility index (Phi) is 2.78. The van der Waals surface area contributed by atoms with Crippen LogP contribution in [0, 0.1) is 0 Å². The second-order valence-corrected chi connectivity index (χ2v) is 5.10. The zero-order valence-corrected chi connectivity index (χ0v) is 11.0. The van der Waals surface area contributed by atoms with Gasteiger partial charge in [0, 0.05) is 0 Å². The minimum Gasteiger partial charge on any atom is -0.437 e. The predicted octanol–water partition coefficient (Wildman–Crippen LogP) is 4.25. The van der Waals surface area contributed by atoms with Gasteiger partial charge in [-0.25, -0.2) is 9.97 Å². The molecule has 0 saturated carbocycles. The number of para-hydroxylation sites is 1. The average Bonchev–Trinajstić information content (AvgIpc) is 2.81. The molecule has 0 saturated heterocycles. The summed E-state index contributed by atoms with van der Waals surface area (Å²) in [5.74, 6) is 1.34. The van der Waals surface area contributed by atoms with Crippen molar-refractivity contribution in [2.75, 3.05) is 0 Å². The van der Waals surface area contributed by atoms with Crippen LogP contribution in [-0.4, -0.2) is 9.97 Å². The molecule has 0 atom stereocenters. The summed E-state index contributed by atoms with van der Waals surface area (Å²) >= 11 is 5.02. The third-order valence-electron chi connectivity index (χ3n) is 2.27. The second-order valence-electron chi connectivity index (χ2n) is 3.35. The lowest BCUT2D eigenvalue weighted by molar-refractivity contribution is 0.465. The number of halogens is 1. The van der Waals surface area contributed by atoms with Gasteiger partial charge >= 0.3 is 0 Å². The van der Waals surface area contributed by atoms with E-state index in [-0.39, 0.29) is 0 Å². The number of aromatic nitrogens is 2. The minimum atomic E-state index is 0.586. The van der Waals surface area contributed by atoms with Crippen LogP contribution in [0.1, 0.15) is 0 Å². The Hall–Kier alpha value is -1.46. The Balaban J connectivity index is 2.06. The molecule has 0 aliphatic rings. The molecule has 3 rings (SSSR count). The molecule has 0 aliphatic heterocycles. The molecule has 2 aromatic heterocycles. The molecule has 17 heavy (non-hydrogen) atoms. The highest BCUT2D eigenvalue weighted by atomic mass is 79.9.